The number of para-hydroxylation sites is 1. The summed E-state index contributed by atoms with van der Waals surface area (Å²) in [7, 11) is -3.85. The zero-order valence-corrected chi connectivity index (χ0v) is 17.4. The molecule has 1 unspecified atom stereocenters. The predicted octanol–water partition coefficient (Wildman–Crippen LogP) is 3.80. The number of benzene rings is 2. The summed E-state index contributed by atoms with van der Waals surface area (Å²) in [6.07, 6.45) is 1.80. The fourth-order valence-corrected chi connectivity index (χ4v) is 5.15. The van der Waals surface area contributed by atoms with Crippen molar-refractivity contribution in [1.29, 1.82) is 0 Å². The van der Waals surface area contributed by atoms with Crippen molar-refractivity contribution < 1.29 is 17.2 Å². The number of sulfonamides is 1. The molecule has 1 heterocycles. The standard InChI is InChI=1S/C18H17BrN2O4S2/c19-16-9-4-8-15-17(10-11-20-18(15)16)21(12-5-13-26(22)23)27(24,25)14-6-2-1-3-7-14/h1-4,6-11H,5,12-13H2,(H,22,23). The van der Waals surface area contributed by atoms with Gasteiger partial charge in [0.15, 0.2) is 11.1 Å². The summed E-state index contributed by atoms with van der Waals surface area (Å²) >= 11 is 1.46. The summed E-state index contributed by atoms with van der Waals surface area (Å²) in [6.45, 7) is 0.0785. The van der Waals surface area contributed by atoms with Gasteiger partial charge in [-0.15, -0.1) is 0 Å². The van der Waals surface area contributed by atoms with Gasteiger partial charge in [0.2, 0.25) is 0 Å². The van der Waals surface area contributed by atoms with Crippen LogP contribution in [0.25, 0.3) is 10.9 Å². The van der Waals surface area contributed by atoms with Crippen LogP contribution in [0.4, 0.5) is 5.69 Å². The van der Waals surface area contributed by atoms with E-state index in [1.807, 2.05) is 12.1 Å². The summed E-state index contributed by atoms with van der Waals surface area (Å²) in [4.78, 5) is 4.49. The number of pyridine rings is 1. The van der Waals surface area contributed by atoms with E-state index < -0.39 is 21.1 Å². The fraction of sp³-hybridized carbons (Fsp3) is 0.167. The molecule has 3 rings (SSSR count). The van der Waals surface area contributed by atoms with E-state index in [2.05, 4.69) is 20.9 Å². The number of fused-ring (bicyclic) bond motifs is 1. The molecule has 1 atom stereocenters. The molecule has 3 aromatic rings. The number of aromatic nitrogens is 1. The SMILES string of the molecule is O=S(O)CCCN(c1ccnc2c(Br)cccc12)S(=O)(=O)c1ccccc1. The normalized spacial score (nSPS) is 12.8. The third kappa shape index (κ3) is 4.37. The van der Waals surface area contributed by atoms with E-state index in [-0.39, 0.29) is 23.6 Å². The minimum Gasteiger partial charge on any atom is -0.306 e. The van der Waals surface area contributed by atoms with E-state index in [1.54, 1.807) is 36.5 Å². The van der Waals surface area contributed by atoms with Gasteiger partial charge in [-0.2, -0.15) is 0 Å². The molecular formula is C18H17BrN2O4S2. The van der Waals surface area contributed by atoms with Gasteiger partial charge in [-0.1, -0.05) is 30.3 Å². The third-order valence-corrected chi connectivity index (χ3v) is 7.08. The van der Waals surface area contributed by atoms with Crippen LogP contribution in [0.3, 0.4) is 0 Å². The highest BCUT2D eigenvalue weighted by Gasteiger charge is 2.26. The van der Waals surface area contributed by atoms with Crippen LogP contribution in [0.1, 0.15) is 6.42 Å². The zero-order chi connectivity index (χ0) is 19.4. The Balaban J connectivity index is 2.14. The van der Waals surface area contributed by atoms with Crippen LogP contribution >= 0.6 is 15.9 Å². The van der Waals surface area contributed by atoms with Crippen LogP contribution < -0.4 is 4.31 Å². The van der Waals surface area contributed by atoms with Gasteiger partial charge >= 0.3 is 0 Å². The highest BCUT2D eigenvalue weighted by molar-refractivity contribution is 9.10. The van der Waals surface area contributed by atoms with Crippen molar-refractivity contribution in [2.24, 2.45) is 0 Å². The lowest BCUT2D eigenvalue weighted by Crippen LogP contribution is -2.33. The molecule has 0 spiro atoms. The molecule has 142 valence electrons. The monoisotopic (exact) mass is 468 g/mol. The van der Waals surface area contributed by atoms with Crippen molar-refractivity contribution in [2.75, 3.05) is 16.6 Å². The Morgan fingerprint density at radius 3 is 2.52 bits per heavy atom. The van der Waals surface area contributed by atoms with Gasteiger partial charge in [-0.3, -0.25) is 9.29 Å². The average molecular weight is 469 g/mol. The molecule has 0 aliphatic rings. The minimum absolute atomic E-state index is 0.00643. The summed E-state index contributed by atoms with van der Waals surface area (Å²) in [5.41, 5.74) is 1.13. The average Bonchev–Trinajstić information content (AvgIpc) is 2.66. The minimum atomic E-state index is -3.85. The quantitative estimate of drug-likeness (QED) is 0.532. The first kappa shape index (κ1) is 19.9. The molecular weight excluding hydrogens is 452 g/mol. The van der Waals surface area contributed by atoms with Gasteiger partial charge in [0.25, 0.3) is 10.0 Å². The number of hydrogen-bond acceptors (Lipinski definition) is 4. The first-order valence-corrected chi connectivity index (χ1v) is 11.6. The van der Waals surface area contributed by atoms with Crippen LogP contribution in [0.15, 0.2) is 70.2 Å². The molecule has 0 saturated carbocycles. The van der Waals surface area contributed by atoms with E-state index in [1.165, 1.54) is 16.4 Å². The zero-order valence-electron chi connectivity index (χ0n) is 14.2. The van der Waals surface area contributed by atoms with Crippen LogP contribution in [-0.2, 0) is 21.1 Å². The number of nitrogens with zero attached hydrogens (tertiary/aromatic N) is 2. The van der Waals surface area contributed by atoms with Crippen molar-refractivity contribution in [3.63, 3.8) is 0 Å². The predicted molar refractivity (Wildman–Crippen MR) is 111 cm³/mol. The molecule has 1 aromatic heterocycles. The Morgan fingerprint density at radius 2 is 1.81 bits per heavy atom. The number of rotatable bonds is 7. The van der Waals surface area contributed by atoms with Crippen molar-refractivity contribution in [1.82, 2.24) is 4.98 Å². The highest BCUT2D eigenvalue weighted by Crippen LogP contribution is 2.33. The van der Waals surface area contributed by atoms with Crippen molar-refractivity contribution >= 4 is 53.6 Å². The van der Waals surface area contributed by atoms with Gasteiger partial charge < -0.3 is 4.55 Å². The maximum atomic E-state index is 13.3. The fourth-order valence-electron chi connectivity index (χ4n) is 2.76. The first-order valence-electron chi connectivity index (χ1n) is 8.10. The van der Waals surface area contributed by atoms with Gasteiger partial charge in [-0.25, -0.2) is 12.6 Å². The lowest BCUT2D eigenvalue weighted by atomic mass is 10.2. The summed E-state index contributed by atoms with van der Waals surface area (Å²) in [5, 5.41) is 0.677. The number of halogens is 1. The van der Waals surface area contributed by atoms with Gasteiger partial charge in [-0.05, 0) is 46.6 Å². The van der Waals surface area contributed by atoms with Crippen LogP contribution in [0, 0.1) is 0 Å². The molecule has 27 heavy (non-hydrogen) atoms. The first-order chi connectivity index (χ1) is 12.9. The largest absolute Gasteiger partial charge is 0.306 e. The van der Waals surface area contributed by atoms with Crippen molar-refractivity contribution in [3.05, 3.63) is 65.3 Å². The van der Waals surface area contributed by atoms with E-state index in [0.29, 0.717) is 16.6 Å². The molecule has 2 aromatic carbocycles. The second kappa shape index (κ2) is 8.47. The molecule has 6 nitrogen and oxygen atoms in total. The summed E-state index contributed by atoms with van der Waals surface area (Å²) in [5.74, 6) is -0.00643. The highest BCUT2D eigenvalue weighted by atomic mass is 79.9. The number of anilines is 1. The van der Waals surface area contributed by atoms with E-state index >= 15 is 0 Å². The maximum Gasteiger partial charge on any atom is 0.264 e. The summed E-state index contributed by atoms with van der Waals surface area (Å²) < 4.78 is 48.7. The topological polar surface area (TPSA) is 87.6 Å². The summed E-state index contributed by atoms with van der Waals surface area (Å²) in [6, 6.07) is 15.2. The molecule has 0 fully saturated rings. The Bertz CT molecular complexity index is 1080. The molecule has 0 radical (unpaired) electrons. The molecule has 1 N–H and O–H groups in total. The van der Waals surface area contributed by atoms with Crippen LogP contribution in [0.5, 0.6) is 0 Å². The van der Waals surface area contributed by atoms with Gasteiger partial charge in [0.05, 0.1) is 21.9 Å². The van der Waals surface area contributed by atoms with E-state index in [9.17, 15) is 12.6 Å². The lowest BCUT2D eigenvalue weighted by Gasteiger charge is -2.25. The van der Waals surface area contributed by atoms with E-state index in [4.69, 9.17) is 4.55 Å². The second-order valence-electron chi connectivity index (χ2n) is 5.74. The molecule has 0 aliphatic heterocycles. The van der Waals surface area contributed by atoms with E-state index in [0.717, 1.165) is 4.47 Å². The maximum absolute atomic E-state index is 13.3. The third-order valence-electron chi connectivity index (χ3n) is 3.98. The number of hydrogen-bond donors (Lipinski definition) is 1. The van der Waals surface area contributed by atoms with Crippen molar-refractivity contribution in [3.8, 4) is 0 Å². The smallest absolute Gasteiger partial charge is 0.264 e. The van der Waals surface area contributed by atoms with Crippen molar-refractivity contribution in [2.45, 2.75) is 11.3 Å². The molecule has 0 bridgehead atoms. The lowest BCUT2D eigenvalue weighted by molar-refractivity contribution is 0.560. The Hall–Kier alpha value is -1.81. The van der Waals surface area contributed by atoms with Crippen LogP contribution in [-0.4, -0.2) is 34.5 Å². The Labute approximate surface area is 168 Å². The Kier molecular flexibility index (Phi) is 6.25. The van der Waals surface area contributed by atoms with Gasteiger partial charge in [0.1, 0.15) is 0 Å². The Morgan fingerprint density at radius 1 is 1.07 bits per heavy atom. The molecule has 0 aliphatic carbocycles. The van der Waals surface area contributed by atoms with Crippen LogP contribution in [0.2, 0.25) is 0 Å². The van der Waals surface area contributed by atoms with Gasteiger partial charge in [0, 0.05) is 22.6 Å². The molecule has 0 amide bonds. The molecule has 0 saturated heterocycles. The second-order valence-corrected chi connectivity index (χ2v) is 9.50. The molecule has 9 heteroatoms.